The van der Waals surface area contributed by atoms with Crippen LogP contribution in [0.15, 0.2) is 22.0 Å². The van der Waals surface area contributed by atoms with Gasteiger partial charge in [0.1, 0.15) is 6.04 Å². The summed E-state index contributed by atoms with van der Waals surface area (Å²) in [7, 11) is -3.30. The van der Waals surface area contributed by atoms with Gasteiger partial charge in [0, 0.05) is 6.54 Å². The third kappa shape index (κ3) is 2.47. The number of aromatic nitrogens is 2. The Bertz CT molecular complexity index is 752. The summed E-state index contributed by atoms with van der Waals surface area (Å²) in [6.45, 7) is 0.979. The molecule has 1 atom stereocenters. The van der Waals surface area contributed by atoms with Crippen molar-refractivity contribution in [3.8, 4) is 10.7 Å². The average Bonchev–Trinajstić information content (AvgIpc) is 3.06. The van der Waals surface area contributed by atoms with E-state index >= 15 is 0 Å². The van der Waals surface area contributed by atoms with Crippen LogP contribution >= 0.6 is 11.3 Å². The fourth-order valence-electron chi connectivity index (χ4n) is 2.52. The minimum Gasteiger partial charge on any atom is -0.378 e. The largest absolute Gasteiger partial charge is 0.378 e. The van der Waals surface area contributed by atoms with Crippen molar-refractivity contribution in [1.82, 2.24) is 14.4 Å². The molecule has 1 saturated carbocycles. The van der Waals surface area contributed by atoms with Gasteiger partial charge in [0.15, 0.2) is 0 Å². The topological polar surface area (TPSA) is 85.5 Å². The maximum Gasteiger partial charge on any atom is 0.247 e. The Labute approximate surface area is 131 Å². The van der Waals surface area contributed by atoms with Crippen LogP contribution in [0.1, 0.15) is 24.8 Å². The van der Waals surface area contributed by atoms with Crippen LogP contribution in [0.4, 0.5) is 0 Å². The number of sulfonamides is 1. The molecule has 2 aromatic rings. The molecule has 1 saturated heterocycles. The molecule has 0 aromatic carbocycles. The lowest BCUT2D eigenvalue weighted by Crippen LogP contribution is -2.44. The van der Waals surface area contributed by atoms with E-state index in [4.69, 9.17) is 9.26 Å². The molecule has 2 aromatic heterocycles. The van der Waals surface area contributed by atoms with Gasteiger partial charge in [0.25, 0.3) is 0 Å². The molecule has 0 radical (unpaired) electrons. The number of thiophene rings is 1. The Balaban J connectivity index is 1.64. The maximum atomic E-state index is 12.5. The van der Waals surface area contributed by atoms with E-state index in [1.807, 2.05) is 17.5 Å². The predicted octanol–water partition coefficient (Wildman–Crippen LogP) is 1.66. The molecule has 1 unspecified atom stereocenters. The molecule has 2 aliphatic rings. The summed E-state index contributed by atoms with van der Waals surface area (Å²) >= 11 is 1.51. The standard InChI is InChI=1S/C13H15N3O4S2/c17-22(18,9-3-4-9)16-5-6-19-8-10(16)13-14-12(15-20-13)11-2-1-7-21-11/h1-2,7,9-10H,3-6,8H2. The highest BCUT2D eigenvalue weighted by molar-refractivity contribution is 7.90. The van der Waals surface area contributed by atoms with Gasteiger partial charge < -0.3 is 9.26 Å². The summed E-state index contributed by atoms with van der Waals surface area (Å²) < 4.78 is 37.3. The maximum absolute atomic E-state index is 12.5. The van der Waals surface area contributed by atoms with Crippen LogP contribution in [0.2, 0.25) is 0 Å². The molecule has 1 aliphatic heterocycles. The van der Waals surface area contributed by atoms with Crippen LogP contribution in [-0.4, -0.2) is 47.9 Å². The van der Waals surface area contributed by atoms with Crippen LogP contribution in [0.25, 0.3) is 10.7 Å². The molecule has 22 heavy (non-hydrogen) atoms. The molecule has 118 valence electrons. The van der Waals surface area contributed by atoms with E-state index in [0.29, 0.717) is 24.9 Å². The van der Waals surface area contributed by atoms with Crippen molar-refractivity contribution in [3.63, 3.8) is 0 Å². The summed E-state index contributed by atoms with van der Waals surface area (Å²) in [6, 6.07) is 3.28. The monoisotopic (exact) mass is 341 g/mol. The second kappa shape index (κ2) is 5.41. The number of morpholine rings is 1. The van der Waals surface area contributed by atoms with Crippen LogP contribution in [0.5, 0.6) is 0 Å². The lowest BCUT2D eigenvalue weighted by Gasteiger charge is -2.32. The van der Waals surface area contributed by atoms with Gasteiger partial charge in [-0.25, -0.2) is 8.42 Å². The van der Waals surface area contributed by atoms with Crippen LogP contribution in [-0.2, 0) is 14.8 Å². The molecule has 0 bridgehead atoms. The summed E-state index contributed by atoms with van der Waals surface area (Å²) in [5.41, 5.74) is 0. The lowest BCUT2D eigenvalue weighted by molar-refractivity contribution is 0.0202. The van der Waals surface area contributed by atoms with Crippen molar-refractivity contribution in [3.05, 3.63) is 23.4 Å². The number of rotatable bonds is 4. The Hall–Kier alpha value is -1.29. The Morgan fingerprint density at radius 3 is 2.95 bits per heavy atom. The molecular formula is C13H15N3O4S2. The minimum atomic E-state index is -3.30. The van der Waals surface area contributed by atoms with E-state index in [1.54, 1.807) is 0 Å². The predicted molar refractivity (Wildman–Crippen MR) is 79.8 cm³/mol. The molecule has 1 aliphatic carbocycles. The smallest absolute Gasteiger partial charge is 0.247 e. The molecular weight excluding hydrogens is 326 g/mol. The highest BCUT2D eigenvalue weighted by Gasteiger charge is 2.45. The van der Waals surface area contributed by atoms with Gasteiger partial charge in [-0.3, -0.25) is 0 Å². The molecule has 0 N–H and O–H groups in total. The molecule has 3 heterocycles. The van der Waals surface area contributed by atoms with Crippen LogP contribution in [0.3, 0.4) is 0 Å². The Kier molecular flexibility index (Phi) is 3.52. The van der Waals surface area contributed by atoms with Crippen LogP contribution in [0, 0.1) is 0 Å². The van der Waals surface area contributed by atoms with E-state index in [1.165, 1.54) is 15.6 Å². The SMILES string of the molecule is O=S(=O)(C1CC1)N1CCOCC1c1nc(-c2cccs2)no1. The van der Waals surface area contributed by atoms with Crippen molar-refractivity contribution < 1.29 is 17.7 Å². The minimum absolute atomic E-state index is 0.248. The van der Waals surface area contributed by atoms with Crippen molar-refractivity contribution in [2.24, 2.45) is 0 Å². The third-order valence-corrected chi connectivity index (χ3v) is 7.09. The van der Waals surface area contributed by atoms with Gasteiger partial charge in [-0.1, -0.05) is 11.2 Å². The zero-order chi connectivity index (χ0) is 15.2. The van der Waals surface area contributed by atoms with E-state index in [2.05, 4.69) is 10.1 Å². The van der Waals surface area contributed by atoms with E-state index < -0.39 is 16.1 Å². The van der Waals surface area contributed by atoms with Gasteiger partial charge in [0.2, 0.25) is 21.7 Å². The highest BCUT2D eigenvalue weighted by atomic mass is 32.2. The zero-order valence-corrected chi connectivity index (χ0v) is 13.3. The van der Waals surface area contributed by atoms with Crippen molar-refractivity contribution in [1.29, 1.82) is 0 Å². The first kappa shape index (κ1) is 14.3. The van der Waals surface area contributed by atoms with Crippen molar-refractivity contribution >= 4 is 21.4 Å². The van der Waals surface area contributed by atoms with Crippen molar-refractivity contribution in [2.45, 2.75) is 24.1 Å². The van der Waals surface area contributed by atoms with Gasteiger partial charge in [0.05, 0.1) is 23.3 Å². The highest BCUT2D eigenvalue weighted by Crippen LogP contribution is 2.36. The quantitative estimate of drug-likeness (QED) is 0.841. The summed E-state index contributed by atoms with van der Waals surface area (Å²) in [5.74, 6) is 0.784. The first-order valence-electron chi connectivity index (χ1n) is 7.12. The summed E-state index contributed by atoms with van der Waals surface area (Å²) in [6.07, 6.45) is 1.47. The first-order chi connectivity index (χ1) is 10.7. The first-order valence-corrected chi connectivity index (χ1v) is 9.50. The Morgan fingerprint density at radius 2 is 2.23 bits per heavy atom. The summed E-state index contributed by atoms with van der Waals surface area (Å²) in [5, 5.41) is 5.63. The normalized spacial score (nSPS) is 23.7. The number of hydrogen-bond donors (Lipinski definition) is 0. The summed E-state index contributed by atoms with van der Waals surface area (Å²) in [4.78, 5) is 5.26. The molecule has 7 nitrogen and oxygen atoms in total. The van der Waals surface area contributed by atoms with E-state index in [0.717, 1.165) is 17.7 Å². The fourth-order valence-corrected chi connectivity index (χ4v) is 5.12. The molecule has 9 heteroatoms. The van der Waals surface area contributed by atoms with E-state index in [-0.39, 0.29) is 11.9 Å². The molecule has 0 amide bonds. The molecule has 0 spiro atoms. The lowest BCUT2D eigenvalue weighted by atomic mass is 10.3. The van der Waals surface area contributed by atoms with Crippen LogP contribution < -0.4 is 0 Å². The number of hydrogen-bond acceptors (Lipinski definition) is 7. The average molecular weight is 341 g/mol. The van der Waals surface area contributed by atoms with E-state index in [9.17, 15) is 8.42 Å². The zero-order valence-electron chi connectivity index (χ0n) is 11.7. The van der Waals surface area contributed by atoms with Crippen molar-refractivity contribution in [2.75, 3.05) is 19.8 Å². The third-order valence-electron chi connectivity index (χ3n) is 3.82. The number of nitrogens with zero attached hydrogens (tertiary/aromatic N) is 3. The van der Waals surface area contributed by atoms with Gasteiger partial charge >= 0.3 is 0 Å². The van der Waals surface area contributed by atoms with Gasteiger partial charge in [-0.05, 0) is 24.3 Å². The molecule has 4 rings (SSSR count). The number of ether oxygens (including phenoxy) is 1. The fraction of sp³-hybridized carbons (Fsp3) is 0.538. The Morgan fingerprint density at radius 1 is 1.36 bits per heavy atom. The second-order valence-corrected chi connectivity index (χ2v) is 8.49. The second-order valence-electron chi connectivity index (χ2n) is 5.38. The van der Waals surface area contributed by atoms with Gasteiger partial charge in [-0.2, -0.15) is 9.29 Å². The van der Waals surface area contributed by atoms with Gasteiger partial charge in [-0.15, -0.1) is 11.3 Å². The molecule has 2 fully saturated rings.